The molecule has 0 saturated carbocycles. The molecule has 3 rings (SSSR count). The molecule has 1 aliphatic heterocycles. The summed E-state index contributed by atoms with van der Waals surface area (Å²) in [4.78, 5) is 55.7. The first-order valence-corrected chi connectivity index (χ1v) is 13.0. The maximum Gasteiger partial charge on any atom is 0.552 e. The molecule has 214 valence electrons. The van der Waals surface area contributed by atoms with Gasteiger partial charge in [-0.05, 0) is 38.4 Å². The molecule has 1 aromatic carbocycles. The molecule has 1 aromatic heterocycles. The fraction of sp³-hybridized carbons (Fsp3) is 0.444. The van der Waals surface area contributed by atoms with Gasteiger partial charge in [0.05, 0.1) is 24.8 Å². The number of aromatic nitrogens is 1. The highest BCUT2D eigenvalue weighted by atomic mass is 16.7. The number of pyridine rings is 1. The Morgan fingerprint density at radius 1 is 1.07 bits per heavy atom. The molecule has 2 amide bonds. The Labute approximate surface area is 233 Å². The molecular formula is C27H35BN4O8. The maximum absolute atomic E-state index is 13.3. The van der Waals surface area contributed by atoms with Gasteiger partial charge in [-0.25, -0.2) is 9.78 Å². The lowest BCUT2D eigenvalue weighted by atomic mass is 9.72. The molecule has 1 fully saturated rings. The number of nitrogens with one attached hydrogen (secondary N) is 3. The van der Waals surface area contributed by atoms with Gasteiger partial charge in [-0.1, -0.05) is 50.2 Å². The maximum atomic E-state index is 13.3. The molecule has 1 unspecified atom stereocenters. The minimum absolute atomic E-state index is 0.00993. The van der Waals surface area contributed by atoms with Gasteiger partial charge in [0, 0.05) is 5.56 Å². The van der Waals surface area contributed by atoms with Crippen LogP contribution in [0.25, 0.3) is 11.3 Å². The molecule has 40 heavy (non-hydrogen) atoms. The van der Waals surface area contributed by atoms with Gasteiger partial charge in [-0.2, -0.15) is 0 Å². The standard InChI is InChI=1S/C27H35BN4O8/c1-15(2)14-20(28-39-23(27(37)38-5)22(29-4)26(36)40-28)31-25(35)21(16(3)33)32-24(34)19-13-9-12-18(30-19)17-10-7-6-8-11-17/h6-13,15-16,20-23,29,33H,14H2,1-5H3,(H,31,35)(H,32,34)/t16-,20+,21?,22-,23-/m1/s1. The van der Waals surface area contributed by atoms with Crippen LogP contribution in [0.3, 0.4) is 0 Å². The lowest BCUT2D eigenvalue weighted by Crippen LogP contribution is -2.65. The van der Waals surface area contributed by atoms with E-state index >= 15 is 0 Å². The number of aliphatic hydroxyl groups excluding tert-OH is 1. The number of aliphatic hydroxyl groups is 1. The van der Waals surface area contributed by atoms with E-state index in [-0.39, 0.29) is 11.6 Å². The quantitative estimate of drug-likeness (QED) is 0.227. The molecule has 4 N–H and O–H groups in total. The van der Waals surface area contributed by atoms with Gasteiger partial charge in [0.2, 0.25) is 5.91 Å². The van der Waals surface area contributed by atoms with E-state index in [0.717, 1.165) is 5.56 Å². The summed E-state index contributed by atoms with van der Waals surface area (Å²) in [5.74, 6) is -3.83. The van der Waals surface area contributed by atoms with Crippen LogP contribution in [0.1, 0.15) is 37.7 Å². The van der Waals surface area contributed by atoms with Gasteiger partial charge in [0.1, 0.15) is 17.8 Å². The second-order valence-corrected chi connectivity index (χ2v) is 9.86. The average Bonchev–Trinajstić information content (AvgIpc) is 2.94. The second kappa shape index (κ2) is 14.0. The van der Waals surface area contributed by atoms with Crippen LogP contribution in [0, 0.1) is 5.92 Å². The topological polar surface area (TPSA) is 165 Å². The summed E-state index contributed by atoms with van der Waals surface area (Å²) in [6.07, 6.45) is -2.29. The first-order chi connectivity index (χ1) is 19.0. The summed E-state index contributed by atoms with van der Waals surface area (Å²) in [5, 5.41) is 18.3. The number of methoxy groups -OCH3 is 1. The van der Waals surface area contributed by atoms with Crippen molar-refractivity contribution in [2.24, 2.45) is 5.92 Å². The lowest BCUT2D eigenvalue weighted by molar-refractivity contribution is -0.163. The summed E-state index contributed by atoms with van der Waals surface area (Å²) < 4.78 is 16.0. The normalized spacial score (nSPS) is 19.3. The molecule has 1 aliphatic rings. The molecule has 2 aromatic rings. The molecule has 0 spiro atoms. The Balaban J connectivity index is 1.78. The van der Waals surface area contributed by atoms with Crippen LogP contribution in [0.5, 0.6) is 0 Å². The van der Waals surface area contributed by atoms with E-state index in [1.807, 2.05) is 44.2 Å². The zero-order valence-electron chi connectivity index (χ0n) is 23.1. The molecule has 0 aliphatic carbocycles. The van der Waals surface area contributed by atoms with E-state index in [1.165, 1.54) is 27.1 Å². The molecule has 5 atom stereocenters. The van der Waals surface area contributed by atoms with E-state index in [1.54, 1.807) is 12.1 Å². The lowest BCUT2D eigenvalue weighted by Gasteiger charge is -2.36. The number of carbonyl (C=O) groups excluding carboxylic acids is 4. The summed E-state index contributed by atoms with van der Waals surface area (Å²) in [5.41, 5.74) is 1.44. The van der Waals surface area contributed by atoms with Crippen molar-refractivity contribution >= 4 is 30.9 Å². The third kappa shape index (κ3) is 7.65. The smallest absolute Gasteiger partial charge is 0.507 e. The van der Waals surface area contributed by atoms with Crippen LogP contribution in [0.2, 0.25) is 0 Å². The Kier molecular flexibility index (Phi) is 10.8. The number of carbonyl (C=O) groups is 4. The highest BCUT2D eigenvalue weighted by Crippen LogP contribution is 2.20. The summed E-state index contributed by atoms with van der Waals surface area (Å²) in [6.45, 7) is 5.13. The van der Waals surface area contributed by atoms with Crippen LogP contribution < -0.4 is 16.0 Å². The van der Waals surface area contributed by atoms with Gasteiger partial charge in [0.25, 0.3) is 5.91 Å². The van der Waals surface area contributed by atoms with Gasteiger partial charge in [-0.3, -0.25) is 14.4 Å². The minimum atomic E-state index is -1.37. The first-order valence-electron chi connectivity index (χ1n) is 13.0. The fourth-order valence-corrected chi connectivity index (χ4v) is 4.29. The van der Waals surface area contributed by atoms with E-state index in [0.29, 0.717) is 12.1 Å². The Hall–Kier alpha value is -3.81. The number of ether oxygens (including phenoxy) is 1. The third-order valence-electron chi connectivity index (χ3n) is 6.30. The van der Waals surface area contributed by atoms with Crippen molar-refractivity contribution in [1.82, 2.24) is 20.9 Å². The van der Waals surface area contributed by atoms with E-state index in [2.05, 4.69) is 20.9 Å². The number of likely N-dealkylation sites (N-methyl/N-ethyl adjacent to an activating group) is 1. The molecule has 13 heteroatoms. The zero-order valence-corrected chi connectivity index (χ0v) is 23.1. The third-order valence-corrected chi connectivity index (χ3v) is 6.30. The molecule has 0 bridgehead atoms. The Bertz CT molecular complexity index is 1200. The highest BCUT2D eigenvalue weighted by Gasteiger charge is 2.50. The highest BCUT2D eigenvalue weighted by molar-refractivity contribution is 6.50. The van der Waals surface area contributed by atoms with Crippen LogP contribution in [0.15, 0.2) is 48.5 Å². The number of nitrogens with zero attached hydrogens (tertiary/aromatic N) is 1. The largest absolute Gasteiger partial charge is 0.552 e. The Morgan fingerprint density at radius 3 is 2.38 bits per heavy atom. The molecule has 0 radical (unpaired) electrons. The summed E-state index contributed by atoms with van der Waals surface area (Å²) >= 11 is 0. The van der Waals surface area contributed by atoms with Crippen molar-refractivity contribution in [1.29, 1.82) is 0 Å². The molecule has 1 saturated heterocycles. The summed E-state index contributed by atoms with van der Waals surface area (Å²) in [6, 6.07) is 11.7. The van der Waals surface area contributed by atoms with Gasteiger partial charge < -0.3 is 35.1 Å². The number of amides is 2. The summed E-state index contributed by atoms with van der Waals surface area (Å²) in [7, 11) is 1.32. The molecule has 12 nitrogen and oxygen atoms in total. The number of rotatable bonds is 11. The number of hydrogen-bond acceptors (Lipinski definition) is 10. The van der Waals surface area contributed by atoms with Crippen molar-refractivity contribution in [3.05, 3.63) is 54.2 Å². The number of benzene rings is 1. The van der Waals surface area contributed by atoms with Crippen molar-refractivity contribution in [2.45, 2.75) is 57.4 Å². The van der Waals surface area contributed by atoms with Gasteiger partial charge in [0.15, 0.2) is 6.10 Å². The van der Waals surface area contributed by atoms with Crippen LogP contribution in [0.4, 0.5) is 0 Å². The van der Waals surface area contributed by atoms with Crippen molar-refractivity contribution < 1.29 is 38.3 Å². The Morgan fingerprint density at radius 2 is 1.77 bits per heavy atom. The van der Waals surface area contributed by atoms with E-state index in [4.69, 9.17) is 14.0 Å². The predicted molar refractivity (Wildman–Crippen MR) is 146 cm³/mol. The average molecular weight is 554 g/mol. The minimum Gasteiger partial charge on any atom is -0.507 e. The van der Waals surface area contributed by atoms with Crippen molar-refractivity contribution in [2.75, 3.05) is 14.2 Å². The SMILES string of the molecule is CN[C@H]1C(=O)OB([C@H](CC(C)C)NC(=O)C(NC(=O)c2cccc(-c3ccccc3)n2)[C@@H](C)O)O[C@H]1C(=O)OC. The number of hydrogen-bond donors (Lipinski definition) is 4. The zero-order chi connectivity index (χ0) is 29.4. The molecular weight excluding hydrogens is 519 g/mol. The van der Waals surface area contributed by atoms with Crippen molar-refractivity contribution in [3.63, 3.8) is 0 Å². The van der Waals surface area contributed by atoms with Crippen LogP contribution in [-0.4, -0.2) is 85.4 Å². The monoisotopic (exact) mass is 554 g/mol. The second-order valence-electron chi connectivity index (χ2n) is 9.86. The van der Waals surface area contributed by atoms with Gasteiger partial charge in [-0.15, -0.1) is 0 Å². The first kappa shape index (κ1) is 30.7. The van der Waals surface area contributed by atoms with Gasteiger partial charge >= 0.3 is 19.1 Å². The predicted octanol–water partition coefficient (Wildman–Crippen LogP) is 0.489. The number of esters is 1. The fourth-order valence-electron chi connectivity index (χ4n) is 4.29. The van der Waals surface area contributed by atoms with Crippen LogP contribution in [-0.2, 0) is 28.4 Å². The van der Waals surface area contributed by atoms with E-state index < -0.39 is 61.1 Å². The van der Waals surface area contributed by atoms with Crippen molar-refractivity contribution in [3.8, 4) is 11.3 Å². The molecule has 2 heterocycles. The van der Waals surface area contributed by atoms with E-state index in [9.17, 15) is 24.3 Å². The van der Waals surface area contributed by atoms with Crippen LogP contribution >= 0.6 is 0 Å².